The second-order valence-corrected chi connectivity index (χ2v) is 4.32. The maximum absolute atomic E-state index is 12.0. The summed E-state index contributed by atoms with van der Waals surface area (Å²) in [6, 6.07) is 11.3. The van der Waals surface area contributed by atoms with E-state index in [4.69, 9.17) is 10.2 Å². The van der Waals surface area contributed by atoms with E-state index in [-0.39, 0.29) is 5.91 Å². The van der Waals surface area contributed by atoms with E-state index in [2.05, 4.69) is 5.32 Å². The summed E-state index contributed by atoms with van der Waals surface area (Å²) in [6.45, 7) is 1.15. The van der Waals surface area contributed by atoms with Crippen molar-refractivity contribution >= 4 is 5.91 Å². The molecule has 0 spiro atoms. The average Bonchev–Trinajstić information content (AvgIpc) is 2.92. The first-order chi connectivity index (χ1) is 9.29. The summed E-state index contributed by atoms with van der Waals surface area (Å²) in [5.74, 6) is 0.808. The van der Waals surface area contributed by atoms with Crippen LogP contribution in [0, 0.1) is 0 Å². The summed E-state index contributed by atoms with van der Waals surface area (Å²) in [4.78, 5) is 12.0. The lowest BCUT2D eigenvalue weighted by Crippen LogP contribution is -2.25. The van der Waals surface area contributed by atoms with Gasteiger partial charge in [-0.25, -0.2) is 0 Å². The summed E-state index contributed by atoms with van der Waals surface area (Å²) in [7, 11) is 0. The second kappa shape index (κ2) is 6.75. The summed E-state index contributed by atoms with van der Waals surface area (Å²) in [5.41, 5.74) is 7.27. The van der Waals surface area contributed by atoms with E-state index in [1.165, 1.54) is 0 Å². The van der Waals surface area contributed by atoms with Crippen LogP contribution in [-0.4, -0.2) is 19.0 Å². The molecule has 1 aromatic carbocycles. The third kappa shape index (κ3) is 3.96. The zero-order chi connectivity index (χ0) is 13.5. The van der Waals surface area contributed by atoms with Crippen LogP contribution in [0.4, 0.5) is 0 Å². The highest BCUT2D eigenvalue weighted by Gasteiger charge is 2.06. The van der Waals surface area contributed by atoms with Gasteiger partial charge in [0, 0.05) is 18.5 Å². The van der Waals surface area contributed by atoms with Crippen LogP contribution in [0.25, 0.3) is 0 Å². The van der Waals surface area contributed by atoms with Crippen LogP contribution in [-0.2, 0) is 12.8 Å². The molecule has 3 N–H and O–H groups in total. The predicted molar refractivity (Wildman–Crippen MR) is 73.9 cm³/mol. The van der Waals surface area contributed by atoms with Crippen molar-refractivity contribution < 1.29 is 9.21 Å². The fourth-order valence-corrected chi connectivity index (χ4v) is 1.89. The van der Waals surface area contributed by atoms with Crippen molar-refractivity contribution in [3.63, 3.8) is 0 Å². The van der Waals surface area contributed by atoms with Gasteiger partial charge in [-0.15, -0.1) is 0 Å². The van der Waals surface area contributed by atoms with Gasteiger partial charge in [0.15, 0.2) is 0 Å². The molecular formula is C15H18N2O2. The van der Waals surface area contributed by atoms with Gasteiger partial charge in [-0.2, -0.15) is 0 Å². The molecule has 1 heterocycles. The number of nitrogens with one attached hydrogen (secondary N) is 1. The van der Waals surface area contributed by atoms with Crippen LogP contribution in [0.15, 0.2) is 47.1 Å². The summed E-state index contributed by atoms with van der Waals surface area (Å²) >= 11 is 0. The van der Waals surface area contributed by atoms with E-state index in [0.717, 1.165) is 17.7 Å². The zero-order valence-electron chi connectivity index (χ0n) is 10.8. The average molecular weight is 258 g/mol. The first-order valence-corrected chi connectivity index (χ1v) is 6.39. The van der Waals surface area contributed by atoms with Crippen molar-refractivity contribution in [2.75, 3.05) is 13.1 Å². The molecule has 1 aromatic heterocycles. The van der Waals surface area contributed by atoms with Gasteiger partial charge in [-0.05, 0) is 42.8 Å². The SMILES string of the molecule is NCCc1cccc(C(=O)NCCc2ccco2)c1. The van der Waals surface area contributed by atoms with Crippen molar-refractivity contribution in [3.05, 3.63) is 59.5 Å². The number of furan rings is 1. The second-order valence-electron chi connectivity index (χ2n) is 4.32. The lowest BCUT2D eigenvalue weighted by Gasteiger charge is -2.06. The van der Waals surface area contributed by atoms with Gasteiger partial charge in [0.05, 0.1) is 6.26 Å². The number of nitrogens with two attached hydrogens (primary N) is 1. The third-order valence-corrected chi connectivity index (χ3v) is 2.86. The van der Waals surface area contributed by atoms with Gasteiger partial charge in [0.25, 0.3) is 5.91 Å². The highest BCUT2D eigenvalue weighted by Crippen LogP contribution is 2.06. The molecule has 4 nitrogen and oxygen atoms in total. The summed E-state index contributed by atoms with van der Waals surface area (Å²) in [5, 5.41) is 2.88. The van der Waals surface area contributed by atoms with Gasteiger partial charge in [0.1, 0.15) is 5.76 Å². The molecule has 19 heavy (non-hydrogen) atoms. The number of rotatable bonds is 6. The van der Waals surface area contributed by atoms with E-state index in [1.54, 1.807) is 6.26 Å². The van der Waals surface area contributed by atoms with Crippen LogP contribution in [0.1, 0.15) is 21.7 Å². The molecule has 0 unspecified atom stereocenters. The lowest BCUT2D eigenvalue weighted by atomic mass is 10.1. The largest absolute Gasteiger partial charge is 0.469 e. The minimum atomic E-state index is -0.0644. The number of hydrogen-bond donors (Lipinski definition) is 2. The Balaban J connectivity index is 1.87. The van der Waals surface area contributed by atoms with Crippen LogP contribution in [0.3, 0.4) is 0 Å². The highest BCUT2D eigenvalue weighted by molar-refractivity contribution is 5.94. The molecule has 0 bridgehead atoms. The molecule has 2 rings (SSSR count). The normalized spacial score (nSPS) is 10.4. The molecule has 0 fully saturated rings. The number of hydrogen-bond acceptors (Lipinski definition) is 3. The number of carbonyl (C=O) groups excluding carboxylic acids is 1. The Morgan fingerprint density at radius 1 is 1.21 bits per heavy atom. The van der Waals surface area contributed by atoms with Crippen LogP contribution in [0.5, 0.6) is 0 Å². The van der Waals surface area contributed by atoms with Crippen molar-refractivity contribution in [1.82, 2.24) is 5.32 Å². The van der Waals surface area contributed by atoms with Gasteiger partial charge in [-0.1, -0.05) is 12.1 Å². The van der Waals surface area contributed by atoms with Crippen LogP contribution >= 0.6 is 0 Å². The van der Waals surface area contributed by atoms with E-state index >= 15 is 0 Å². The predicted octanol–water partition coefficient (Wildman–Crippen LogP) is 1.75. The molecule has 0 aliphatic heterocycles. The van der Waals surface area contributed by atoms with E-state index < -0.39 is 0 Å². The van der Waals surface area contributed by atoms with Gasteiger partial charge >= 0.3 is 0 Å². The fraction of sp³-hybridized carbons (Fsp3) is 0.267. The molecule has 0 aliphatic carbocycles. The maximum Gasteiger partial charge on any atom is 0.251 e. The van der Waals surface area contributed by atoms with Crippen molar-refractivity contribution in [2.24, 2.45) is 5.73 Å². The molecule has 0 atom stereocenters. The first-order valence-electron chi connectivity index (χ1n) is 6.39. The number of amides is 1. The molecular weight excluding hydrogens is 240 g/mol. The van der Waals surface area contributed by atoms with Gasteiger partial charge < -0.3 is 15.5 Å². The monoisotopic (exact) mass is 258 g/mol. The molecule has 0 radical (unpaired) electrons. The topological polar surface area (TPSA) is 68.3 Å². The molecule has 0 saturated carbocycles. The van der Waals surface area contributed by atoms with Gasteiger partial charge in [-0.3, -0.25) is 4.79 Å². The summed E-state index contributed by atoms with van der Waals surface area (Å²) in [6.07, 6.45) is 3.11. The number of carbonyl (C=O) groups is 1. The Bertz CT molecular complexity index is 521. The Kier molecular flexibility index (Phi) is 4.75. The van der Waals surface area contributed by atoms with E-state index in [1.807, 2.05) is 36.4 Å². The Morgan fingerprint density at radius 2 is 2.11 bits per heavy atom. The maximum atomic E-state index is 12.0. The standard InChI is InChI=1S/C15H18N2O2/c16-8-6-12-3-1-4-13(11-12)15(18)17-9-7-14-5-2-10-19-14/h1-5,10-11H,6-9,16H2,(H,17,18). The van der Waals surface area contributed by atoms with E-state index in [0.29, 0.717) is 25.1 Å². The Hall–Kier alpha value is -2.07. The molecule has 2 aromatic rings. The van der Waals surface area contributed by atoms with Crippen LogP contribution < -0.4 is 11.1 Å². The Morgan fingerprint density at radius 3 is 2.84 bits per heavy atom. The van der Waals surface area contributed by atoms with Crippen LogP contribution in [0.2, 0.25) is 0 Å². The molecule has 0 aliphatic rings. The molecule has 4 heteroatoms. The highest BCUT2D eigenvalue weighted by atomic mass is 16.3. The minimum Gasteiger partial charge on any atom is -0.469 e. The van der Waals surface area contributed by atoms with E-state index in [9.17, 15) is 4.79 Å². The fourth-order valence-electron chi connectivity index (χ4n) is 1.89. The smallest absolute Gasteiger partial charge is 0.251 e. The third-order valence-electron chi connectivity index (χ3n) is 2.86. The quantitative estimate of drug-likeness (QED) is 0.829. The minimum absolute atomic E-state index is 0.0644. The first kappa shape index (κ1) is 13.4. The van der Waals surface area contributed by atoms with Crippen molar-refractivity contribution in [2.45, 2.75) is 12.8 Å². The molecule has 100 valence electrons. The van der Waals surface area contributed by atoms with Crippen molar-refractivity contribution in [3.8, 4) is 0 Å². The van der Waals surface area contributed by atoms with Crippen molar-refractivity contribution in [1.29, 1.82) is 0 Å². The summed E-state index contributed by atoms with van der Waals surface area (Å²) < 4.78 is 5.21. The molecule has 1 amide bonds. The molecule has 0 saturated heterocycles. The van der Waals surface area contributed by atoms with Gasteiger partial charge in [0.2, 0.25) is 0 Å². The Labute approximate surface area is 112 Å². The lowest BCUT2D eigenvalue weighted by molar-refractivity contribution is 0.0953. The zero-order valence-corrected chi connectivity index (χ0v) is 10.8. The number of benzene rings is 1.